The molecule has 0 aromatic heterocycles. The van der Waals surface area contributed by atoms with Gasteiger partial charge in [0.2, 0.25) is 0 Å². The number of nitrogens with two attached hydrogens (primary N) is 1. The predicted octanol–water partition coefficient (Wildman–Crippen LogP) is -0.465. The molecule has 106 valence electrons. The number of nitrogens with zero attached hydrogens (tertiary/aromatic N) is 2. The molecule has 0 radical (unpaired) electrons. The average Bonchev–Trinajstić information content (AvgIpc) is 2.38. The lowest BCUT2D eigenvalue weighted by Crippen LogP contribution is -2.70. The lowest BCUT2D eigenvalue weighted by molar-refractivity contribution is -0.497. The third-order valence-electron chi connectivity index (χ3n) is 3.35. The molecule has 1 saturated heterocycles. The van der Waals surface area contributed by atoms with Crippen molar-refractivity contribution in [3.05, 3.63) is 23.4 Å². The van der Waals surface area contributed by atoms with Gasteiger partial charge in [-0.1, -0.05) is 0 Å². The van der Waals surface area contributed by atoms with Crippen LogP contribution in [0.25, 0.3) is 0 Å². The molecule has 1 fully saturated rings. The molecule has 0 bridgehead atoms. The molecule has 0 amide bonds. The van der Waals surface area contributed by atoms with E-state index < -0.39 is 9.84 Å². The molecule has 0 atom stereocenters. The number of hydrogen-bond donors (Lipinski definition) is 1. The molecule has 0 unspecified atom stereocenters. The van der Waals surface area contributed by atoms with Crippen LogP contribution in [0.5, 0.6) is 0 Å². The van der Waals surface area contributed by atoms with E-state index in [4.69, 9.17) is 0 Å². The fraction of sp³-hybridized carbons (Fsp3) is 0.500. The van der Waals surface area contributed by atoms with Crippen molar-refractivity contribution in [1.82, 2.24) is 4.90 Å². The molecule has 1 aromatic carbocycles. The Bertz CT molecular complexity index is 551. The Morgan fingerprint density at radius 1 is 1.16 bits per heavy atom. The van der Waals surface area contributed by atoms with Gasteiger partial charge < -0.3 is 20.5 Å². The van der Waals surface area contributed by atoms with Crippen LogP contribution in [0.15, 0.2) is 23.1 Å². The van der Waals surface area contributed by atoms with Gasteiger partial charge in [-0.05, 0) is 13.1 Å². The number of hydrogen-bond acceptors (Lipinski definition) is 5. The first-order valence-electron chi connectivity index (χ1n) is 6.14. The summed E-state index contributed by atoms with van der Waals surface area (Å²) in [4.78, 5) is 4.53. The number of rotatable bonds is 3. The second-order valence-corrected chi connectivity index (χ2v) is 6.96. The van der Waals surface area contributed by atoms with Crippen molar-refractivity contribution >= 4 is 21.2 Å². The topological polar surface area (TPSA) is 80.3 Å². The van der Waals surface area contributed by atoms with Gasteiger partial charge in [0.15, 0.2) is 9.84 Å². The Morgan fingerprint density at radius 3 is 2.32 bits per heavy atom. The number of quaternary nitrogens is 1. The zero-order valence-corrected chi connectivity index (χ0v) is 12.0. The maximum Gasteiger partial charge on any atom is 0.175 e. The zero-order valence-electron chi connectivity index (χ0n) is 11.2. The molecule has 6 nitrogen and oxygen atoms in total. The molecule has 0 saturated carbocycles. The van der Waals surface area contributed by atoms with Crippen LogP contribution in [0, 0.1) is 5.21 Å². The lowest BCUT2D eigenvalue weighted by atomic mass is 10.2. The third-order valence-corrected chi connectivity index (χ3v) is 4.44. The minimum atomic E-state index is -3.30. The van der Waals surface area contributed by atoms with Crippen molar-refractivity contribution in [2.45, 2.75) is 4.90 Å². The lowest BCUT2D eigenvalue weighted by Gasteiger charge is -2.34. The van der Waals surface area contributed by atoms with Crippen LogP contribution in [-0.4, -0.2) is 52.8 Å². The Labute approximate surface area is 113 Å². The van der Waals surface area contributed by atoms with Gasteiger partial charge in [0.05, 0.1) is 4.90 Å². The summed E-state index contributed by atoms with van der Waals surface area (Å²) in [5.41, 5.74) is 1.89. The number of sulfone groups is 1. The molecule has 0 aliphatic carbocycles. The van der Waals surface area contributed by atoms with E-state index in [0.717, 1.165) is 38.1 Å². The molecule has 7 heteroatoms. The minimum Gasteiger partial charge on any atom is -0.630 e. The highest BCUT2D eigenvalue weighted by Crippen LogP contribution is 2.24. The summed E-state index contributed by atoms with van der Waals surface area (Å²) >= 11 is 0. The van der Waals surface area contributed by atoms with Gasteiger partial charge in [0, 0.05) is 50.3 Å². The third kappa shape index (κ3) is 3.44. The van der Waals surface area contributed by atoms with E-state index in [9.17, 15) is 13.6 Å². The highest BCUT2D eigenvalue weighted by molar-refractivity contribution is 7.90. The van der Waals surface area contributed by atoms with Gasteiger partial charge in [0.25, 0.3) is 0 Å². The van der Waals surface area contributed by atoms with Crippen LogP contribution >= 0.6 is 0 Å². The molecule has 1 aliphatic heterocycles. The van der Waals surface area contributed by atoms with Crippen LogP contribution in [0.3, 0.4) is 0 Å². The second kappa shape index (κ2) is 5.46. The van der Waals surface area contributed by atoms with Crippen LogP contribution in [-0.2, 0) is 9.84 Å². The largest absolute Gasteiger partial charge is 0.630 e. The summed E-state index contributed by atoms with van der Waals surface area (Å²) in [5, 5.41) is 11.0. The van der Waals surface area contributed by atoms with Crippen molar-refractivity contribution in [3.63, 3.8) is 0 Å². The maximum absolute atomic E-state index is 11.6. The van der Waals surface area contributed by atoms with Gasteiger partial charge >= 0.3 is 0 Å². The standard InChI is InChI=1S/C12H19N3O3S/c1-14-3-5-15(6-4-14)11-7-10(13-16)8-12(9-11)19(2,17)18/h7-9H,3-6,13H2,1-2H3. The first-order chi connectivity index (χ1) is 8.90. The molecule has 1 aromatic rings. The van der Waals surface area contributed by atoms with Gasteiger partial charge in [-0.2, -0.15) is 0 Å². The average molecular weight is 285 g/mol. The molecule has 19 heavy (non-hydrogen) atoms. The van der Waals surface area contributed by atoms with E-state index in [0.29, 0.717) is 11.2 Å². The Morgan fingerprint density at radius 2 is 1.79 bits per heavy atom. The van der Waals surface area contributed by atoms with E-state index in [1.807, 2.05) is 0 Å². The molecule has 2 rings (SSSR count). The Hall–Kier alpha value is -1.15. The van der Waals surface area contributed by atoms with Crippen LogP contribution in [0.2, 0.25) is 0 Å². The summed E-state index contributed by atoms with van der Waals surface area (Å²) in [6.07, 6.45) is 1.16. The quantitative estimate of drug-likeness (QED) is 0.600. The molecular formula is C12H19N3O3S. The fourth-order valence-corrected chi connectivity index (χ4v) is 2.82. The highest BCUT2D eigenvalue weighted by Gasteiger charge is 2.18. The summed E-state index contributed by atoms with van der Waals surface area (Å²) in [6.45, 7) is 3.53. The van der Waals surface area contributed by atoms with Crippen LogP contribution < -0.4 is 10.4 Å². The summed E-state index contributed by atoms with van der Waals surface area (Å²) in [7, 11) is -1.25. The Balaban J connectivity index is 2.35. The van der Waals surface area contributed by atoms with E-state index in [2.05, 4.69) is 16.8 Å². The number of anilines is 1. The summed E-state index contributed by atoms with van der Waals surface area (Å²) in [5.74, 6) is 0. The fourth-order valence-electron chi connectivity index (χ4n) is 2.14. The summed E-state index contributed by atoms with van der Waals surface area (Å²) < 4.78 is 23.3. The molecule has 1 heterocycles. The first-order valence-corrected chi connectivity index (χ1v) is 8.03. The number of piperazine rings is 1. The van der Waals surface area contributed by atoms with Gasteiger partial charge in [-0.3, -0.25) is 0 Å². The van der Waals surface area contributed by atoms with Gasteiger partial charge in [0.1, 0.15) is 5.69 Å². The molecule has 2 N–H and O–H groups in total. The van der Waals surface area contributed by atoms with E-state index in [1.54, 1.807) is 12.1 Å². The van der Waals surface area contributed by atoms with Crippen molar-refractivity contribution < 1.29 is 13.9 Å². The number of likely N-dealkylation sites (N-methyl/N-ethyl adjacent to an activating group) is 1. The Kier molecular flexibility index (Phi) is 4.10. The van der Waals surface area contributed by atoms with Gasteiger partial charge in [-0.15, -0.1) is 0 Å². The van der Waals surface area contributed by atoms with Crippen molar-refractivity contribution in [3.8, 4) is 0 Å². The van der Waals surface area contributed by atoms with Crippen molar-refractivity contribution in [2.24, 2.45) is 0 Å². The smallest absolute Gasteiger partial charge is 0.175 e. The van der Waals surface area contributed by atoms with E-state index >= 15 is 0 Å². The normalized spacial score (nSPS) is 17.7. The van der Waals surface area contributed by atoms with Crippen molar-refractivity contribution in [2.75, 3.05) is 44.4 Å². The van der Waals surface area contributed by atoms with Crippen LogP contribution in [0.4, 0.5) is 11.4 Å². The monoisotopic (exact) mass is 285 g/mol. The molecule has 0 spiro atoms. The second-order valence-electron chi connectivity index (χ2n) is 4.94. The number of benzene rings is 1. The summed E-state index contributed by atoms with van der Waals surface area (Å²) in [6, 6.07) is 4.81. The maximum atomic E-state index is 11.6. The predicted molar refractivity (Wildman–Crippen MR) is 74.2 cm³/mol. The van der Waals surface area contributed by atoms with Crippen molar-refractivity contribution in [1.29, 1.82) is 0 Å². The SMILES string of the molecule is CN1CCN(c2cc([NH2+][O-])cc(S(C)(=O)=O)c2)CC1. The minimum absolute atomic E-state index is 0.200. The van der Waals surface area contributed by atoms with Gasteiger partial charge in [-0.25, -0.2) is 8.42 Å². The molecule has 1 aliphatic rings. The van der Waals surface area contributed by atoms with E-state index in [1.165, 1.54) is 6.07 Å². The van der Waals surface area contributed by atoms with Crippen LogP contribution in [0.1, 0.15) is 0 Å². The molecular weight excluding hydrogens is 266 g/mol. The zero-order chi connectivity index (χ0) is 14.0. The first kappa shape index (κ1) is 14.3. The highest BCUT2D eigenvalue weighted by atomic mass is 32.2. The van der Waals surface area contributed by atoms with E-state index in [-0.39, 0.29) is 4.90 Å².